The smallest absolute Gasteiger partial charge is 0.255 e. The highest BCUT2D eigenvalue weighted by molar-refractivity contribution is 6.39. The van der Waals surface area contributed by atoms with E-state index in [0.29, 0.717) is 15.1 Å². The zero-order valence-electron chi connectivity index (χ0n) is 13.0. The quantitative estimate of drug-likeness (QED) is 0.567. The standard InChI is InChI=1S/C20H14Cl3NO/c21-15-11-9-14(10-12-15)19(13-5-2-1-3-6-13)24-20(25)18-16(22)7-4-8-17(18)23/h1-12,19H,(H,24,25). The second-order valence-corrected chi connectivity index (χ2v) is 6.72. The van der Waals surface area contributed by atoms with Crippen molar-refractivity contribution >= 4 is 40.7 Å². The summed E-state index contributed by atoms with van der Waals surface area (Å²) in [7, 11) is 0. The Labute approximate surface area is 161 Å². The number of carbonyl (C=O) groups is 1. The summed E-state index contributed by atoms with van der Waals surface area (Å²) in [4.78, 5) is 12.8. The summed E-state index contributed by atoms with van der Waals surface area (Å²) < 4.78 is 0. The second-order valence-electron chi connectivity index (χ2n) is 5.47. The first-order valence-corrected chi connectivity index (χ1v) is 8.75. The lowest BCUT2D eigenvalue weighted by atomic mass is 9.98. The first-order valence-electron chi connectivity index (χ1n) is 7.61. The van der Waals surface area contributed by atoms with Crippen LogP contribution in [0, 0.1) is 0 Å². The van der Waals surface area contributed by atoms with Gasteiger partial charge < -0.3 is 5.32 Å². The molecule has 0 fully saturated rings. The Kier molecular flexibility index (Phi) is 5.64. The van der Waals surface area contributed by atoms with Gasteiger partial charge in [-0.05, 0) is 35.4 Å². The van der Waals surface area contributed by atoms with Crippen molar-refractivity contribution in [2.24, 2.45) is 0 Å². The maximum Gasteiger partial charge on any atom is 0.255 e. The van der Waals surface area contributed by atoms with Crippen LogP contribution in [0.1, 0.15) is 27.5 Å². The molecule has 0 aromatic heterocycles. The normalized spacial score (nSPS) is 11.8. The Morgan fingerprint density at radius 1 is 0.720 bits per heavy atom. The zero-order valence-corrected chi connectivity index (χ0v) is 15.3. The van der Waals surface area contributed by atoms with Crippen LogP contribution in [0.3, 0.4) is 0 Å². The first-order chi connectivity index (χ1) is 12.1. The minimum absolute atomic E-state index is 0.265. The molecule has 2 nitrogen and oxygen atoms in total. The summed E-state index contributed by atoms with van der Waals surface area (Å²) in [5.74, 6) is -0.334. The number of hydrogen-bond acceptors (Lipinski definition) is 1. The maximum absolute atomic E-state index is 12.8. The maximum atomic E-state index is 12.8. The Bertz CT molecular complexity index is 859. The molecular weight excluding hydrogens is 377 g/mol. The van der Waals surface area contributed by atoms with Crippen LogP contribution in [-0.4, -0.2) is 5.91 Å². The van der Waals surface area contributed by atoms with E-state index in [-0.39, 0.29) is 17.5 Å². The molecule has 1 atom stereocenters. The minimum atomic E-state index is -0.349. The Morgan fingerprint density at radius 3 is 1.88 bits per heavy atom. The van der Waals surface area contributed by atoms with E-state index in [0.717, 1.165) is 11.1 Å². The van der Waals surface area contributed by atoms with Gasteiger partial charge in [-0.15, -0.1) is 0 Å². The molecule has 5 heteroatoms. The number of hydrogen-bond donors (Lipinski definition) is 1. The topological polar surface area (TPSA) is 29.1 Å². The lowest BCUT2D eigenvalue weighted by Gasteiger charge is -2.20. The summed E-state index contributed by atoms with van der Waals surface area (Å²) in [5, 5.41) is 4.28. The molecule has 0 aliphatic heterocycles. The number of halogens is 3. The average molecular weight is 391 g/mol. The highest BCUT2D eigenvalue weighted by Gasteiger charge is 2.21. The van der Waals surface area contributed by atoms with E-state index < -0.39 is 0 Å². The van der Waals surface area contributed by atoms with Gasteiger partial charge >= 0.3 is 0 Å². The van der Waals surface area contributed by atoms with E-state index in [9.17, 15) is 4.79 Å². The predicted molar refractivity (Wildman–Crippen MR) is 104 cm³/mol. The monoisotopic (exact) mass is 389 g/mol. The van der Waals surface area contributed by atoms with Crippen molar-refractivity contribution in [2.75, 3.05) is 0 Å². The molecule has 0 saturated heterocycles. The highest BCUT2D eigenvalue weighted by Crippen LogP contribution is 2.28. The van der Waals surface area contributed by atoms with Gasteiger partial charge in [0.15, 0.2) is 0 Å². The van der Waals surface area contributed by atoms with Crippen molar-refractivity contribution in [1.82, 2.24) is 5.32 Å². The molecule has 0 spiro atoms. The van der Waals surface area contributed by atoms with Crippen LogP contribution in [0.25, 0.3) is 0 Å². The fourth-order valence-electron chi connectivity index (χ4n) is 2.58. The molecule has 25 heavy (non-hydrogen) atoms. The Morgan fingerprint density at radius 2 is 1.28 bits per heavy atom. The van der Waals surface area contributed by atoms with Gasteiger partial charge in [-0.25, -0.2) is 0 Å². The van der Waals surface area contributed by atoms with Crippen molar-refractivity contribution in [2.45, 2.75) is 6.04 Å². The molecule has 3 aromatic rings. The van der Waals surface area contributed by atoms with Crippen LogP contribution >= 0.6 is 34.8 Å². The first kappa shape index (κ1) is 17.8. The molecule has 126 valence electrons. The fraction of sp³-hybridized carbons (Fsp3) is 0.0500. The fourth-order valence-corrected chi connectivity index (χ4v) is 3.27. The summed E-state index contributed by atoms with van der Waals surface area (Å²) in [6, 6.07) is 21.7. The highest BCUT2D eigenvalue weighted by atomic mass is 35.5. The molecule has 1 amide bonds. The Balaban J connectivity index is 1.98. The van der Waals surface area contributed by atoms with Crippen LogP contribution in [-0.2, 0) is 0 Å². The molecule has 3 aromatic carbocycles. The van der Waals surface area contributed by atoms with Crippen LogP contribution < -0.4 is 5.32 Å². The Hall–Kier alpha value is -2.00. The summed E-state index contributed by atoms with van der Waals surface area (Å²) in [5.41, 5.74) is 2.12. The lowest BCUT2D eigenvalue weighted by Crippen LogP contribution is -2.29. The van der Waals surface area contributed by atoms with Gasteiger partial charge in [-0.3, -0.25) is 4.79 Å². The molecule has 1 N–H and O–H groups in total. The second kappa shape index (κ2) is 7.92. The van der Waals surface area contributed by atoms with E-state index in [1.54, 1.807) is 30.3 Å². The minimum Gasteiger partial charge on any atom is -0.341 e. The number of carbonyl (C=O) groups excluding carboxylic acids is 1. The number of rotatable bonds is 4. The molecule has 0 bridgehead atoms. The summed E-state index contributed by atoms with van der Waals surface area (Å²) in [6.45, 7) is 0. The van der Waals surface area contributed by atoms with Gasteiger partial charge in [0.05, 0.1) is 21.7 Å². The molecule has 3 rings (SSSR count). The molecule has 1 unspecified atom stereocenters. The summed E-state index contributed by atoms with van der Waals surface area (Å²) in [6.07, 6.45) is 0. The van der Waals surface area contributed by atoms with Crippen molar-refractivity contribution in [3.63, 3.8) is 0 Å². The van der Waals surface area contributed by atoms with Gasteiger partial charge in [0.1, 0.15) is 0 Å². The van der Waals surface area contributed by atoms with Crippen LogP contribution in [0.5, 0.6) is 0 Å². The molecule has 0 aliphatic carbocycles. The average Bonchev–Trinajstić information content (AvgIpc) is 2.61. The van der Waals surface area contributed by atoms with Crippen LogP contribution in [0.2, 0.25) is 15.1 Å². The number of amides is 1. The van der Waals surface area contributed by atoms with Gasteiger partial charge in [0, 0.05) is 5.02 Å². The predicted octanol–water partition coefficient (Wildman–Crippen LogP) is 6.17. The van der Waals surface area contributed by atoms with E-state index >= 15 is 0 Å². The molecule has 0 radical (unpaired) electrons. The third-order valence-electron chi connectivity index (χ3n) is 3.80. The third-order valence-corrected chi connectivity index (χ3v) is 4.68. The van der Waals surface area contributed by atoms with Crippen LogP contribution in [0.15, 0.2) is 72.8 Å². The van der Waals surface area contributed by atoms with Gasteiger partial charge in [0.2, 0.25) is 0 Å². The van der Waals surface area contributed by atoms with E-state index in [1.807, 2.05) is 42.5 Å². The molecule has 0 heterocycles. The van der Waals surface area contributed by atoms with Crippen LogP contribution in [0.4, 0.5) is 0 Å². The van der Waals surface area contributed by atoms with Gasteiger partial charge in [-0.2, -0.15) is 0 Å². The molecule has 0 saturated carbocycles. The largest absolute Gasteiger partial charge is 0.341 e. The third kappa shape index (κ3) is 4.16. The number of benzene rings is 3. The van der Waals surface area contributed by atoms with Crippen molar-refractivity contribution < 1.29 is 4.79 Å². The van der Waals surface area contributed by atoms with Crippen molar-refractivity contribution in [3.8, 4) is 0 Å². The van der Waals surface area contributed by atoms with Gasteiger partial charge in [0.25, 0.3) is 5.91 Å². The van der Waals surface area contributed by atoms with E-state index in [1.165, 1.54) is 0 Å². The van der Waals surface area contributed by atoms with Gasteiger partial charge in [-0.1, -0.05) is 83.3 Å². The SMILES string of the molecule is O=C(NC(c1ccccc1)c1ccc(Cl)cc1)c1c(Cl)cccc1Cl. The summed E-state index contributed by atoms with van der Waals surface area (Å²) >= 11 is 18.3. The lowest BCUT2D eigenvalue weighted by molar-refractivity contribution is 0.0943. The molecule has 0 aliphatic rings. The van der Waals surface area contributed by atoms with Crippen molar-refractivity contribution in [1.29, 1.82) is 0 Å². The van der Waals surface area contributed by atoms with E-state index in [2.05, 4.69) is 5.32 Å². The zero-order chi connectivity index (χ0) is 17.8. The molecular formula is C20H14Cl3NO. The van der Waals surface area contributed by atoms with E-state index in [4.69, 9.17) is 34.8 Å². The number of nitrogens with one attached hydrogen (secondary N) is 1. The van der Waals surface area contributed by atoms with Crippen molar-refractivity contribution in [3.05, 3.63) is 105 Å².